The SMILES string of the molecule is CN(CC(=O)NC1CC1)c1nc(Cl)cs1. The molecule has 15 heavy (non-hydrogen) atoms. The maximum absolute atomic E-state index is 11.5. The Morgan fingerprint density at radius 1 is 1.80 bits per heavy atom. The number of thiazole rings is 1. The van der Waals surface area contributed by atoms with Gasteiger partial charge in [-0.15, -0.1) is 11.3 Å². The van der Waals surface area contributed by atoms with Crippen LogP contribution in [0.5, 0.6) is 0 Å². The third-order valence-corrected chi connectivity index (χ3v) is 3.39. The number of rotatable bonds is 4. The second kappa shape index (κ2) is 4.37. The molecule has 0 atom stereocenters. The van der Waals surface area contributed by atoms with Gasteiger partial charge in [-0.05, 0) is 12.8 Å². The second-order valence-electron chi connectivity index (χ2n) is 3.65. The number of aromatic nitrogens is 1. The summed E-state index contributed by atoms with van der Waals surface area (Å²) in [5.74, 6) is 0.0475. The van der Waals surface area contributed by atoms with E-state index in [1.54, 1.807) is 10.3 Å². The van der Waals surface area contributed by atoms with Crippen molar-refractivity contribution in [1.29, 1.82) is 0 Å². The molecule has 1 aliphatic carbocycles. The molecule has 1 amide bonds. The number of carbonyl (C=O) groups excluding carboxylic acids is 1. The van der Waals surface area contributed by atoms with Crippen LogP contribution in [-0.2, 0) is 4.79 Å². The minimum atomic E-state index is 0.0475. The van der Waals surface area contributed by atoms with Gasteiger partial charge < -0.3 is 10.2 Å². The average Bonchev–Trinajstić information content (AvgIpc) is 2.85. The highest BCUT2D eigenvalue weighted by Crippen LogP contribution is 2.22. The summed E-state index contributed by atoms with van der Waals surface area (Å²) in [5.41, 5.74) is 0. The van der Waals surface area contributed by atoms with Crippen molar-refractivity contribution in [3.8, 4) is 0 Å². The van der Waals surface area contributed by atoms with E-state index in [2.05, 4.69) is 10.3 Å². The van der Waals surface area contributed by atoms with E-state index in [-0.39, 0.29) is 5.91 Å². The van der Waals surface area contributed by atoms with Crippen LogP contribution in [0.4, 0.5) is 5.13 Å². The lowest BCUT2D eigenvalue weighted by molar-refractivity contribution is -0.119. The van der Waals surface area contributed by atoms with Gasteiger partial charge in [0.1, 0.15) is 5.15 Å². The lowest BCUT2D eigenvalue weighted by Gasteiger charge is -2.14. The molecule has 82 valence electrons. The first-order valence-electron chi connectivity index (χ1n) is 4.76. The molecule has 1 saturated carbocycles. The second-order valence-corrected chi connectivity index (χ2v) is 4.87. The molecule has 2 rings (SSSR count). The van der Waals surface area contributed by atoms with E-state index < -0.39 is 0 Å². The molecule has 1 aromatic rings. The largest absolute Gasteiger partial charge is 0.352 e. The van der Waals surface area contributed by atoms with Crippen molar-refractivity contribution in [2.45, 2.75) is 18.9 Å². The Morgan fingerprint density at radius 2 is 2.53 bits per heavy atom. The highest BCUT2D eigenvalue weighted by Gasteiger charge is 2.23. The number of hydrogen-bond acceptors (Lipinski definition) is 4. The molecule has 1 N–H and O–H groups in total. The number of nitrogens with one attached hydrogen (secondary N) is 1. The zero-order valence-corrected chi connectivity index (χ0v) is 9.94. The predicted octanol–water partition coefficient (Wildman–Crippen LogP) is 1.51. The van der Waals surface area contributed by atoms with E-state index >= 15 is 0 Å². The monoisotopic (exact) mass is 245 g/mol. The Hall–Kier alpha value is -0.810. The van der Waals surface area contributed by atoms with Crippen LogP contribution >= 0.6 is 22.9 Å². The number of hydrogen-bond donors (Lipinski definition) is 1. The molecule has 0 saturated heterocycles. The van der Waals surface area contributed by atoms with Crippen LogP contribution in [0, 0.1) is 0 Å². The fraction of sp³-hybridized carbons (Fsp3) is 0.556. The molecule has 0 radical (unpaired) electrons. The van der Waals surface area contributed by atoms with Crippen molar-refractivity contribution in [1.82, 2.24) is 10.3 Å². The molecule has 0 bridgehead atoms. The van der Waals surface area contributed by atoms with Crippen LogP contribution in [0.15, 0.2) is 5.38 Å². The first-order chi connectivity index (χ1) is 7.15. The van der Waals surface area contributed by atoms with Gasteiger partial charge in [0.25, 0.3) is 0 Å². The smallest absolute Gasteiger partial charge is 0.239 e. The molecule has 1 heterocycles. The summed E-state index contributed by atoms with van der Waals surface area (Å²) in [6, 6.07) is 0.408. The van der Waals surface area contributed by atoms with Crippen molar-refractivity contribution < 1.29 is 4.79 Å². The van der Waals surface area contributed by atoms with Crippen molar-refractivity contribution >= 4 is 34.0 Å². The van der Waals surface area contributed by atoms with Gasteiger partial charge in [0.2, 0.25) is 5.91 Å². The lowest BCUT2D eigenvalue weighted by atomic mass is 10.5. The zero-order valence-electron chi connectivity index (χ0n) is 8.36. The van der Waals surface area contributed by atoms with E-state index in [0.29, 0.717) is 17.7 Å². The maximum atomic E-state index is 11.5. The molecule has 1 fully saturated rings. The van der Waals surface area contributed by atoms with E-state index in [1.165, 1.54) is 11.3 Å². The van der Waals surface area contributed by atoms with E-state index in [1.807, 2.05) is 7.05 Å². The Labute approximate surface area is 97.2 Å². The standard InChI is InChI=1S/C9H12ClN3OS/c1-13(9-12-7(10)5-15-9)4-8(14)11-6-2-3-6/h5-6H,2-4H2,1H3,(H,11,14). The van der Waals surface area contributed by atoms with Gasteiger partial charge in [-0.25, -0.2) is 4.98 Å². The van der Waals surface area contributed by atoms with E-state index in [9.17, 15) is 4.79 Å². The van der Waals surface area contributed by atoms with Crippen LogP contribution in [0.25, 0.3) is 0 Å². The van der Waals surface area contributed by atoms with Gasteiger partial charge in [0.15, 0.2) is 5.13 Å². The predicted molar refractivity (Wildman–Crippen MR) is 61.6 cm³/mol. The van der Waals surface area contributed by atoms with Gasteiger partial charge in [0, 0.05) is 18.5 Å². The van der Waals surface area contributed by atoms with Crippen molar-refractivity contribution in [3.63, 3.8) is 0 Å². The molecule has 0 spiro atoms. The third-order valence-electron chi connectivity index (χ3n) is 2.11. The Balaban J connectivity index is 1.85. The molecule has 6 heteroatoms. The molecular weight excluding hydrogens is 234 g/mol. The summed E-state index contributed by atoms with van der Waals surface area (Å²) in [7, 11) is 1.83. The van der Waals surface area contributed by atoms with Crippen molar-refractivity contribution in [3.05, 3.63) is 10.5 Å². The summed E-state index contributed by atoms with van der Waals surface area (Å²) < 4.78 is 0. The summed E-state index contributed by atoms with van der Waals surface area (Å²) >= 11 is 7.14. The Bertz CT molecular complexity index is 364. The van der Waals surface area contributed by atoms with Crippen LogP contribution < -0.4 is 10.2 Å². The number of carbonyl (C=O) groups is 1. The fourth-order valence-corrected chi connectivity index (χ4v) is 2.12. The van der Waals surface area contributed by atoms with Crippen LogP contribution in [-0.4, -0.2) is 30.5 Å². The van der Waals surface area contributed by atoms with Crippen LogP contribution in [0.1, 0.15) is 12.8 Å². The average molecular weight is 246 g/mol. The van der Waals surface area contributed by atoms with Crippen LogP contribution in [0.2, 0.25) is 5.15 Å². The van der Waals surface area contributed by atoms with Gasteiger partial charge in [0.05, 0.1) is 6.54 Å². The number of amides is 1. The summed E-state index contributed by atoms with van der Waals surface area (Å²) in [4.78, 5) is 17.4. The number of anilines is 1. The van der Waals surface area contributed by atoms with E-state index in [4.69, 9.17) is 11.6 Å². The fourth-order valence-electron chi connectivity index (χ4n) is 1.20. The van der Waals surface area contributed by atoms with Gasteiger partial charge in [-0.2, -0.15) is 0 Å². The molecule has 0 aliphatic heterocycles. The molecular formula is C9H12ClN3OS. The van der Waals surface area contributed by atoms with E-state index in [0.717, 1.165) is 18.0 Å². The summed E-state index contributed by atoms with van der Waals surface area (Å²) in [5, 5.41) is 5.93. The minimum absolute atomic E-state index is 0.0475. The highest BCUT2D eigenvalue weighted by atomic mass is 35.5. The summed E-state index contributed by atoms with van der Waals surface area (Å²) in [6.07, 6.45) is 2.22. The Kier molecular flexibility index (Phi) is 3.11. The maximum Gasteiger partial charge on any atom is 0.239 e. The Morgan fingerprint density at radius 3 is 3.07 bits per heavy atom. The quantitative estimate of drug-likeness (QED) is 0.875. The first kappa shape index (κ1) is 10.7. The van der Waals surface area contributed by atoms with Crippen molar-refractivity contribution in [2.24, 2.45) is 0 Å². The van der Waals surface area contributed by atoms with Crippen molar-refractivity contribution in [2.75, 3.05) is 18.5 Å². The first-order valence-corrected chi connectivity index (χ1v) is 6.02. The summed E-state index contributed by atoms with van der Waals surface area (Å²) in [6.45, 7) is 0.334. The zero-order chi connectivity index (χ0) is 10.8. The number of likely N-dealkylation sites (N-methyl/N-ethyl adjacent to an activating group) is 1. The lowest BCUT2D eigenvalue weighted by Crippen LogP contribution is -2.36. The van der Waals surface area contributed by atoms with Gasteiger partial charge in [-0.3, -0.25) is 4.79 Å². The highest BCUT2D eigenvalue weighted by molar-refractivity contribution is 7.14. The molecule has 0 unspecified atom stereocenters. The topological polar surface area (TPSA) is 45.2 Å². The molecule has 4 nitrogen and oxygen atoms in total. The molecule has 0 aromatic carbocycles. The number of halogens is 1. The third kappa shape index (κ3) is 3.07. The van der Waals surface area contributed by atoms with Gasteiger partial charge in [-0.1, -0.05) is 11.6 Å². The van der Waals surface area contributed by atoms with Gasteiger partial charge >= 0.3 is 0 Å². The number of nitrogens with zero attached hydrogens (tertiary/aromatic N) is 2. The normalized spacial score (nSPS) is 15.1. The molecule has 1 aromatic heterocycles. The molecule has 1 aliphatic rings. The minimum Gasteiger partial charge on any atom is -0.352 e. The van der Waals surface area contributed by atoms with Crippen LogP contribution in [0.3, 0.4) is 0 Å².